The lowest BCUT2D eigenvalue weighted by Gasteiger charge is -2.09. The van der Waals surface area contributed by atoms with E-state index in [0.29, 0.717) is 32.9 Å². The van der Waals surface area contributed by atoms with E-state index >= 15 is 0 Å². The number of hydrogen-bond donors (Lipinski definition) is 0. The maximum atomic E-state index is 8.87. The van der Waals surface area contributed by atoms with Crippen LogP contribution < -0.4 is 9.47 Å². The summed E-state index contributed by atoms with van der Waals surface area (Å²) in [6, 6.07) is 11.8. The molecule has 0 aliphatic carbocycles. The van der Waals surface area contributed by atoms with Gasteiger partial charge in [-0.15, -0.1) is 0 Å². The van der Waals surface area contributed by atoms with E-state index in [-0.39, 0.29) is 0 Å². The molecule has 2 aromatic rings. The molecule has 0 N–H and O–H groups in total. The second-order valence-corrected chi connectivity index (χ2v) is 4.59. The number of nitriles is 1. The van der Waals surface area contributed by atoms with Gasteiger partial charge in [0.15, 0.2) is 0 Å². The maximum absolute atomic E-state index is 8.87. The van der Waals surface area contributed by atoms with Crippen molar-refractivity contribution in [3.63, 3.8) is 0 Å². The minimum Gasteiger partial charge on any atom is -0.497 e. The van der Waals surface area contributed by atoms with Gasteiger partial charge in [-0.05, 0) is 30.3 Å². The molecule has 0 heterocycles. The molecule has 96 valence electrons. The van der Waals surface area contributed by atoms with E-state index in [2.05, 4.69) is 0 Å². The van der Waals surface area contributed by atoms with E-state index in [4.69, 9.17) is 37.9 Å². The van der Waals surface area contributed by atoms with Crippen molar-refractivity contribution in [1.82, 2.24) is 0 Å². The molecule has 0 radical (unpaired) electrons. The number of ether oxygens (including phenoxy) is 2. The van der Waals surface area contributed by atoms with Crippen molar-refractivity contribution in [1.29, 1.82) is 5.26 Å². The Hall–Kier alpha value is -1.89. The normalized spacial score (nSPS) is 9.79. The van der Waals surface area contributed by atoms with Crippen LogP contribution >= 0.6 is 23.2 Å². The molecule has 3 nitrogen and oxygen atoms in total. The summed E-state index contributed by atoms with van der Waals surface area (Å²) in [4.78, 5) is 0. The van der Waals surface area contributed by atoms with Crippen LogP contribution in [0.25, 0.3) is 0 Å². The molecule has 0 aliphatic heterocycles. The molecule has 0 bridgehead atoms. The lowest BCUT2D eigenvalue weighted by atomic mass is 10.2. The van der Waals surface area contributed by atoms with Crippen molar-refractivity contribution in [2.24, 2.45) is 0 Å². The summed E-state index contributed by atoms with van der Waals surface area (Å²) in [6.07, 6.45) is 0. The van der Waals surface area contributed by atoms with Crippen LogP contribution in [0.5, 0.6) is 17.2 Å². The van der Waals surface area contributed by atoms with E-state index in [1.807, 2.05) is 6.07 Å². The molecular weight excluding hydrogens is 285 g/mol. The summed E-state index contributed by atoms with van der Waals surface area (Å²) in [5.41, 5.74) is 0.427. The molecule has 0 spiro atoms. The lowest BCUT2D eigenvalue weighted by Crippen LogP contribution is -1.88. The molecule has 0 atom stereocenters. The zero-order chi connectivity index (χ0) is 13.8. The molecule has 0 fully saturated rings. The van der Waals surface area contributed by atoms with E-state index in [1.54, 1.807) is 43.5 Å². The summed E-state index contributed by atoms with van der Waals surface area (Å²) < 4.78 is 10.7. The summed E-state index contributed by atoms with van der Waals surface area (Å²) in [6.45, 7) is 0. The fourth-order valence-corrected chi connectivity index (χ4v) is 1.98. The van der Waals surface area contributed by atoms with Crippen molar-refractivity contribution < 1.29 is 9.47 Å². The van der Waals surface area contributed by atoms with Crippen LogP contribution in [0.1, 0.15) is 5.56 Å². The van der Waals surface area contributed by atoms with Gasteiger partial charge in [0, 0.05) is 16.1 Å². The van der Waals surface area contributed by atoms with Gasteiger partial charge in [-0.25, -0.2) is 0 Å². The number of rotatable bonds is 3. The van der Waals surface area contributed by atoms with Crippen LogP contribution in [0.3, 0.4) is 0 Å². The van der Waals surface area contributed by atoms with Crippen molar-refractivity contribution >= 4 is 23.2 Å². The second-order valence-electron chi connectivity index (χ2n) is 3.72. The highest BCUT2D eigenvalue weighted by Gasteiger charge is 2.05. The Balaban J connectivity index is 2.33. The highest BCUT2D eigenvalue weighted by atomic mass is 35.5. The Morgan fingerprint density at radius 1 is 0.895 bits per heavy atom. The highest BCUT2D eigenvalue weighted by Crippen LogP contribution is 2.31. The van der Waals surface area contributed by atoms with Gasteiger partial charge >= 0.3 is 0 Å². The first kappa shape index (κ1) is 13.5. The van der Waals surface area contributed by atoms with Gasteiger partial charge in [0.05, 0.1) is 18.7 Å². The van der Waals surface area contributed by atoms with E-state index in [0.717, 1.165) is 0 Å². The predicted molar refractivity (Wildman–Crippen MR) is 74.2 cm³/mol. The van der Waals surface area contributed by atoms with Crippen LogP contribution in [0, 0.1) is 11.3 Å². The molecule has 0 aromatic heterocycles. The minimum atomic E-state index is 0.427. The second kappa shape index (κ2) is 5.83. The third-order valence-electron chi connectivity index (χ3n) is 2.32. The zero-order valence-corrected chi connectivity index (χ0v) is 11.5. The van der Waals surface area contributed by atoms with Crippen molar-refractivity contribution in [2.75, 3.05) is 7.11 Å². The van der Waals surface area contributed by atoms with Crippen LogP contribution in [-0.2, 0) is 0 Å². The smallest absolute Gasteiger partial charge is 0.132 e. The Kier molecular flexibility index (Phi) is 4.16. The quantitative estimate of drug-likeness (QED) is 0.826. The predicted octanol–water partition coefficient (Wildman–Crippen LogP) is 4.67. The molecule has 2 aromatic carbocycles. The molecule has 0 amide bonds. The topological polar surface area (TPSA) is 42.2 Å². The van der Waals surface area contributed by atoms with Gasteiger partial charge < -0.3 is 9.47 Å². The Bertz CT molecular complexity index is 650. The number of hydrogen-bond acceptors (Lipinski definition) is 3. The van der Waals surface area contributed by atoms with Crippen LogP contribution in [0.15, 0.2) is 36.4 Å². The fourth-order valence-electron chi connectivity index (χ4n) is 1.54. The minimum absolute atomic E-state index is 0.427. The number of nitrogens with zero attached hydrogens (tertiary/aromatic N) is 1. The zero-order valence-electron chi connectivity index (χ0n) is 9.98. The van der Waals surface area contributed by atoms with Gasteiger partial charge in [0.25, 0.3) is 0 Å². The summed E-state index contributed by atoms with van der Waals surface area (Å²) in [5, 5.41) is 9.80. The first-order chi connectivity index (χ1) is 9.10. The van der Waals surface area contributed by atoms with Crippen LogP contribution in [0.4, 0.5) is 0 Å². The monoisotopic (exact) mass is 293 g/mol. The molecular formula is C14H9Cl2NO2. The maximum Gasteiger partial charge on any atom is 0.132 e. The van der Waals surface area contributed by atoms with Crippen LogP contribution in [0.2, 0.25) is 10.0 Å². The van der Waals surface area contributed by atoms with Gasteiger partial charge in [-0.1, -0.05) is 23.2 Å². The van der Waals surface area contributed by atoms with Crippen molar-refractivity contribution in [2.45, 2.75) is 0 Å². The van der Waals surface area contributed by atoms with E-state index in [1.165, 1.54) is 0 Å². The molecule has 2 rings (SSSR count). The summed E-state index contributed by atoms with van der Waals surface area (Å²) in [5.74, 6) is 1.56. The molecule has 19 heavy (non-hydrogen) atoms. The SMILES string of the molecule is COc1cc(Cl)cc(Oc2cc(Cl)cc(C#N)c2)c1. The van der Waals surface area contributed by atoms with Crippen molar-refractivity contribution in [3.05, 3.63) is 52.0 Å². The Morgan fingerprint density at radius 3 is 2.11 bits per heavy atom. The van der Waals surface area contributed by atoms with E-state index in [9.17, 15) is 0 Å². The first-order valence-corrected chi connectivity index (χ1v) is 6.09. The molecule has 0 unspecified atom stereocenters. The Labute approximate surface area is 120 Å². The third kappa shape index (κ3) is 3.54. The van der Waals surface area contributed by atoms with Gasteiger partial charge in [0.1, 0.15) is 17.2 Å². The third-order valence-corrected chi connectivity index (χ3v) is 2.75. The molecule has 0 saturated carbocycles. The summed E-state index contributed by atoms with van der Waals surface area (Å²) >= 11 is 11.8. The Morgan fingerprint density at radius 2 is 1.47 bits per heavy atom. The average molecular weight is 294 g/mol. The largest absolute Gasteiger partial charge is 0.497 e. The molecule has 0 saturated heterocycles. The summed E-state index contributed by atoms with van der Waals surface area (Å²) in [7, 11) is 1.54. The fraction of sp³-hybridized carbons (Fsp3) is 0.0714. The number of methoxy groups -OCH3 is 1. The van der Waals surface area contributed by atoms with Gasteiger partial charge in [-0.2, -0.15) is 5.26 Å². The average Bonchev–Trinajstić information content (AvgIpc) is 2.37. The standard InChI is InChI=1S/C14H9Cl2NO2/c1-18-12-4-11(16)6-14(7-12)19-13-3-9(8-17)2-10(15)5-13/h2-7H,1H3. The highest BCUT2D eigenvalue weighted by molar-refractivity contribution is 6.31. The van der Waals surface area contributed by atoms with Gasteiger partial charge in [-0.3, -0.25) is 0 Å². The first-order valence-electron chi connectivity index (χ1n) is 5.34. The van der Waals surface area contributed by atoms with Gasteiger partial charge in [0.2, 0.25) is 0 Å². The number of halogens is 2. The molecule has 5 heteroatoms. The lowest BCUT2D eigenvalue weighted by molar-refractivity contribution is 0.409. The van der Waals surface area contributed by atoms with E-state index < -0.39 is 0 Å². The number of benzene rings is 2. The van der Waals surface area contributed by atoms with Crippen LogP contribution in [-0.4, -0.2) is 7.11 Å². The van der Waals surface area contributed by atoms with Crippen molar-refractivity contribution in [3.8, 4) is 23.3 Å². The molecule has 0 aliphatic rings.